The van der Waals surface area contributed by atoms with Gasteiger partial charge in [-0.15, -0.1) is 21.9 Å². The number of carbonyl (C=O) groups excluding carboxylic acids is 2. The zero-order valence-corrected chi connectivity index (χ0v) is 35.6. The number of nitrogens with zero attached hydrogens (tertiary/aromatic N) is 1. The molecule has 1 fully saturated rings. The van der Waals surface area contributed by atoms with Crippen LogP contribution in [0.5, 0.6) is 0 Å². The van der Waals surface area contributed by atoms with E-state index < -0.39 is 144 Å². The van der Waals surface area contributed by atoms with E-state index in [0.717, 1.165) is 36.5 Å². The lowest BCUT2D eigenvalue weighted by molar-refractivity contribution is -0.683. The third-order valence-corrected chi connectivity index (χ3v) is 12.3. The van der Waals surface area contributed by atoms with E-state index in [1.807, 2.05) is 71.4 Å². The monoisotopic (exact) mass is 1040 g/mol. The molecule has 1 saturated carbocycles. The molecule has 0 amide bonds. The van der Waals surface area contributed by atoms with E-state index in [1.165, 1.54) is 6.42 Å². The first-order valence-corrected chi connectivity index (χ1v) is 20.7. The molecule has 3 nitrogen and oxygen atoms in total. The average Bonchev–Trinajstić information content (AvgIpc) is 3.38. The van der Waals surface area contributed by atoms with Crippen molar-refractivity contribution >= 4 is 50.3 Å². The maximum absolute atomic E-state index is 15.4. The third kappa shape index (κ3) is 8.40. The van der Waals surface area contributed by atoms with Crippen molar-refractivity contribution in [1.82, 2.24) is 0 Å². The number of benzene rings is 6. The summed E-state index contributed by atoms with van der Waals surface area (Å²) >= 11 is 0. The van der Waals surface area contributed by atoms with Crippen LogP contribution in [-0.2, 0) is 6.54 Å². The van der Waals surface area contributed by atoms with Crippen molar-refractivity contribution in [2.75, 3.05) is 0 Å². The predicted octanol–water partition coefficient (Wildman–Crippen LogP) is 10.6. The SMILES string of the molecule is Fc1c(F)c(F)c([B-](c2c(F)c(F)c(F)c(F)c2F)(c2c(F)c(F)c(F)c(F)c2F)c2c(F)c(F)c(F)c(F)c2F)c(F)c1F.O=C(C[n+]1ccc2ccccc2c1C(=O)C1CCCCC1)c1ccccc1. The molecule has 0 unspecified atom stereocenters. The fourth-order valence-electron chi connectivity index (χ4n) is 8.97. The van der Waals surface area contributed by atoms with Crippen LogP contribution in [0.3, 0.4) is 0 Å². The minimum absolute atomic E-state index is 0.0218. The van der Waals surface area contributed by atoms with Crippen LogP contribution in [0.1, 0.15) is 53.0 Å². The Morgan fingerprint density at radius 1 is 0.403 bits per heavy atom. The van der Waals surface area contributed by atoms with Crippen LogP contribution < -0.4 is 26.4 Å². The Hall–Kier alpha value is -7.27. The quantitative estimate of drug-likeness (QED) is 0.0361. The van der Waals surface area contributed by atoms with Gasteiger partial charge in [0.2, 0.25) is 18.1 Å². The summed E-state index contributed by atoms with van der Waals surface area (Å²) in [6.07, 6.45) is 0.0217. The number of fused-ring (bicyclic) bond motifs is 1. The topological polar surface area (TPSA) is 38.0 Å². The maximum Gasteiger partial charge on any atom is 0.257 e. The summed E-state index contributed by atoms with van der Waals surface area (Å²) < 4.78 is 296. The van der Waals surface area contributed by atoms with E-state index in [-0.39, 0.29) is 24.0 Å². The number of hydrogen-bond donors (Lipinski definition) is 0. The van der Waals surface area contributed by atoms with E-state index in [2.05, 4.69) is 0 Å². The number of rotatable bonds is 9. The van der Waals surface area contributed by atoms with Crippen molar-refractivity contribution < 1.29 is 102 Å². The summed E-state index contributed by atoms with van der Waals surface area (Å²) in [6.45, 7) is 0.183. The average molecular weight is 1040 g/mol. The van der Waals surface area contributed by atoms with E-state index in [1.54, 1.807) is 0 Å². The lowest BCUT2D eigenvalue weighted by Crippen LogP contribution is -2.81. The minimum atomic E-state index is -7.22. The van der Waals surface area contributed by atoms with Crippen molar-refractivity contribution in [3.8, 4) is 0 Å². The minimum Gasteiger partial charge on any atom is -0.287 e. The smallest absolute Gasteiger partial charge is 0.257 e. The van der Waals surface area contributed by atoms with E-state index >= 15 is 35.1 Å². The Bertz CT molecular complexity index is 2980. The number of pyridine rings is 1. The molecule has 0 saturated heterocycles. The number of carbonyl (C=O) groups is 2. The summed E-state index contributed by atoms with van der Waals surface area (Å²) in [5.41, 5.74) is -13.0. The van der Waals surface area contributed by atoms with Crippen LogP contribution in [-0.4, -0.2) is 17.7 Å². The number of hydrogen-bond acceptors (Lipinski definition) is 2. The highest BCUT2D eigenvalue weighted by molar-refractivity contribution is 7.20. The molecule has 1 aliphatic carbocycles. The Balaban J connectivity index is 0.000000238. The molecule has 24 heteroatoms. The molecule has 0 bridgehead atoms. The highest BCUT2D eigenvalue weighted by Gasteiger charge is 2.52. The molecule has 0 spiro atoms. The summed E-state index contributed by atoms with van der Waals surface area (Å²) in [7, 11) is 0. The maximum atomic E-state index is 15.4. The van der Waals surface area contributed by atoms with Gasteiger partial charge in [0, 0.05) is 17.5 Å². The van der Waals surface area contributed by atoms with Crippen molar-refractivity contribution in [2.24, 2.45) is 5.92 Å². The number of halogens is 20. The molecule has 0 radical (unpaired) electrons. The van der Waals surface area contributed by atoms with Crippen LogP contribution >= 0.6 is 0 Å². The third-order valence-electron chi connectivity index (χ3n) is 12.3. The van der Waals surface area contributed by atoms with E-state index in [9.17, 15) is 62.3 Å². The molecule has 0 atom stereocenters. The fourth-order valence-corrected chi connectivity index (χ4v) is 8.97. The molecular weight excluding hydrogens is 1010 g/mol. The summed E-state index contributed by atoms with van der Waals surface area (Å²) in [5.74, 6) is -71.1. The Kier molecular flexibility index (Phi) is 14.7. The van der Waals surface area contributed by atoms with E-state index in [0.29, 0.717) is 11.3 Å². The van der Waals surface area contributed by atoms with Crippen molar-refractivity contribution in [3.05, 3.63) is 194 Å². The van der Waals surface area contributed by atoms with Gasteiger partial charge < -0.3 is 0 Å². The van der Waals surface area contributed by atoms with Gasteiger partial charge in [0.15, 0.2) is 76.0 Å². The second kappa shape index (κ2) is 20.1. The molecule has 0 aliphatic heterocycles. The van der Waals surface area contributed by atoms with E-state index in [4.69, 9.17) is 0 Å². The first-order valence-electron chi connectivity index (χ1n) is 20.7. The van der Waals surface area contributed by atoms with Crippen LogP contribution in [0.4, 0.5) is 87.8 Å². The Labute approximate surface area is 390 Å². The van der Waals surface area contributed by atoms with Gasteiger partial charge in [-0.1, -0.05) is 67.8 Å². The summed E-state index contributed by atoms with van der Waals surface area (Å²) in [6, 6.07) is 19.2. The van der Waals surface area contributed by atoms with Crippen LogP contribution in [0.2, 0.25) is 0 Å². The second-order valence-corrected chi connectivity index (χ2v) is 16.2. The van der Waals surface area contributed by atoms with Gasteiger partial charge >= 0.3 is 0 Å². The molecule has 6 aromatic carbocycles. The molecule has 376 valence electrons. The second-order valence-electron chi connectivity index (χ2n) is 16.2. The molecule has 1 heterocycles. The zero-order valence-electron chi connectivity index (χ0n) is 35.6. The summed E-state index contributed by atoms with van der Waals surface area (Å²) in [5, 5.41) is 1.98. The number of aromatic nitrogens is 1. The van der Waals surface area contributed by atoms with Gasteiger partial charge in [0.1, 0.15) is 52.7 Å². The molecule has 0 N–H and O–H groups in total. The molecule has 1 aromatic heterocycles. The standard InChI is InChI=1S/C24BF20.C24H24NO2/c26-5-1(6(27)14(35)21(42)13(5)34)25(2-7(28)15(36)22(43)16(37)8(2)29,3-9(30)17(38)23(44)18(39)10(3)31)4-11(32)19(40)24(45)20(41)12(4)33;26-22(19-10-3-1-4-11-19)17-25-16-15-18-9-7-8-14-21(18)23(25)24(27)20-12-5-2-6-13-20/h;1,3-4,7-11,14-16,20H,2,5-6,12-13,17H2/q-1;+1. The predicted molar refractivity (Wildman–Crippen MR) is 215 cm³/mol. The van der Waals surface area contributed by atoms with Gasteiger partial charge in [0.05, 0.1) is 5.39 Å². The summed E-state index contributed by atoms with van der Waals surface area (Å²) in [4.78, 5) is 26.2. The van der Waals surface area contributed by atoms with Crippen molar-refractivity contribution in [1.29, 1.82) is 0 Å². The van der Waals surface area contributed by atoms with Gasteiger partial charge in [0.25, 0.3) is 5.69 Å². The Morgan fingerprint density at radius 2 is 0.722 bits per heavy atom. The van der Waals surface area contributed by atoms with Crippen LogP contribution in [0.15, 0.2) is 66.9 Å². The lowest BCUT2D eigenvalue weighted by Gasteiger charge is -2.44. The molecular formula is C48H24BF20NO2. The zero-order chi connectivity index (χ0) is 53.0. The van der Waals surface area contributed by atoms with Gasteiger partial charge in [-0.05, 0) is 24.3 Å². The van der Waals surface area contributed by atoms with Gasteiger partial charge in [-0.25, -0.2) is 87.8 Å². The number of ketones is 2. The van der Waals surface area contributed by atoms with Crippen molar-refractivity contribution in [2.45, 2.75) is 38.6 Å². The lowest BCUT2D eigenvalue weighted by atomic mass is 9.12. The molecule has 72 heavy (non-hydrogen) atoms. The molecule has 1 aliphatic rings. The first-order chi connectivity index (χ1) is 33.9. The number of Topliss-reactive ketones (excluding diaryl/α,β-unsaturated/α-hetero) is 2. The largest absolute Gasteiger partial charge is 0.287 e. The highest BCUT2D eigenvalue weighted by Crippen LogP contribution is 2.32. The van der Waals surface area contributed by atoms with Crippen molar-refractivity contribution in [3.63, 3.8) is 0 Å². The fraction of sp³-hybridized carbons (Fsp3) is 0.146. The Morgan fingerprint density at radius 3 is 1.08 bits per heavy atom. The van der Waals surface area contributed by atoms with Crippen LogP contribution in [0.25, 0.3) is 10.8 Å². The molecule has 8 rings (SSSR count). The van der Waals surface area contributed by atoms with Crippen LogP contribution in [0, 0.1) is 122 Å². The molecule has 7 aromatic rings. The first kappa shape index (κ1) is 52.6. The van der Waals surface area contributed by atoms with Gasteiger partial charge in [-0.2, -0.15) is 4.57 Å². The highest BCUT2D eigenvalue weighted by atomic mass is 19.2. The normalized spacial score (nSPS) is 13.1. The van der Waals surface area contributed by atoms with Gasteiger partial charge in [-0.3, -0.25) is 9.59 Å².